The van der Waals surface area contributed by atoms with E-state index in [0.29, 0.717) is 16.9 Å². The van der Waals surface area contributed by atoms with Gasteiger partial charge in [-0.15, -0.1) is 11.8 Å². The molecule has 10 heteroatoms. The molecular weight excluding hydrogens is 452 g/mol. The predicted octanol–water partition coefficient (Wildman–Crippen LogP) is 3.34. The summed E-state index contributed by atoms with van der Waals surface area (Å²) in [6.07, 6.45) is 0. The fourth-order valence-electron chi connectivity index (χ4n) is 3.05. The van der Waals surface area contributed by atoms with Gasteiger partial charge in [0.05, 0.1) is 33.8 Å². The van der Waals surface area contributed by atoms with Gasteiger partial charge in [-0.2, -0.15) is 0 Å². The van der Waals surface area contributed by atoms with Crippen LogP contribution in [-0.4, -0.2) is 43.8 Å². The van der Waals surface area contributed by atoms with Crippen molar-refractivity contribution in [2.75, 3.05) is 23.0 Å². The zero-order valence-electron chi connectivity index (χ0n) is 17.9. The molecule has 0 saturated carbocycles. The van der Waals surface area contributed by atoms with E-state index in [0.717, 1.165) is 4.90 Å². The number of esters is 1. The van der Waals surface area contributed by atoms with E-state index in [1.807, 2.05) is 0 Å². The second-order valence-corrected chi connectivity index (χ2v) is 10.8. The Labute approximate surface area is 191 Å². The summed E-state index contributed by atoms with van der Waals surface area (Å²) in [4.78, 5) is 37.0. The fourth-order valence-corrected chi connectivity index (χ4v) is 5.56. The summed E-state index contributed by atoms with van der Waals surface area (Å²) in [5.74, 6) is -2.33. The number of nitrogens with one attached hydrogen (secondary N) is 2. The van der Waals surface area contributed by atoms with Crippen molar-refractivity contribution >= 4 is 50.8 Å². The molecule has 2 N–H and O–H groups in total. The maximum Gasteiger partial charge on any atom is 0.338 e. The summed E-state index contributed by atoms with van der Waals surface area (Å²) in [6, 6.07) is 10.7. The molecule has 170 valence electrons. The molecule has 0 unspecified atom stereocenters. The van der Waals surface area contributed by atoms with Crippen LogP contribution in [0.25, 0.3) is 0 Å². The van der Waals surface area contributed by atoms with E-state index in [1.54, 1.807) is 32.0 Å². The van der Waals surface area contributed by atoms with Gasteiger partial charge in [-0.1, -0.05) is 6.92 Å². The summed E-state index contributed by atoms with van der Waals surface area (Å²) in [6.45, 7) is 5.27. The smallest absolute Gasteiger partial charge is 0.338 e. The van der Waals surface area contributed by atoms with Gasteiger partial charge in [0.2, 0.25) is 11.8 Å². The lowest BCUT2D eigenvalue weighted by molar-refractivity contribution is -0.119. The first-order valence-electron chi connectivity index (χ1n) is 10.0. The highest BCUT2D eigenvalue weighted by atomic mass is 32.2. The second-order valence-electron chi connectivity index (χ2n) is 7.38. The number of amides is 2. The van der Waals surface area contributed by atoms with Crippen LogP contribution in [0.2, 0.25) is 0 Å². The number of hydrogen-bond donors (Lipinski definition) is 2. The van der Waals surface area contributed by atoms with Gasteiger partial charge in [0.25, 0.3) is 0 Å². The lowest BCUT2D eigenvalue weighted by Gasteiger charge is -2.22. The number of thioether (sulfide) groups is 1. The van der Waals surface area contributed by atoms with E-state index < -0.39 is 33.4 Å². The van der Waals surface area contributed by atoms with Crippen LogP contribution in [0.5, 0.6) is 0 Å². The molecule has 2 aromatic carbocycles. The topological polar surface area (TPSA) is 119 Å². The minimum absolute atomic E-state index is 0.0464. The van der Waals surface area contributed by atoms with Gasteiger partial charge < -0.3 is 15.4 Å². The van der Waals surface area contributed by atoms with E-state index in [4.69, 9.17) is 4.74 Å². The Balaban J connectivity index is 1.66. The Kier molecular flexibility index (Phi) is 7.25. The molecule has 0 bridgehead atoms. The number of ether oxygens (including phenoxy) is 1. The number of carbonyl (C=O) groups excluding carboxylic acids is 3. The number of carbonyl (C=O) groups is 3. The SMILES string of the molecule is CCOC(=O)c1ccc(NC(=O)[C@H](C)CS(=O)(=O)c2ccc3c(c2)NC(=O)[C@@H](C)S3)cc1. The van der Waals surface area contributed by atoms with Crippen LogP contribution in [0.4, 0.5) is 11.4 Å². The van der Waals surface area contributed by atoms with Gasteiger partial charge in [-0.25, -0.2) is 13.2 Å². The Hall–Kier alpha value is -2.85. The summed E-state index contributed by atoms with van der Waals surface area (Å²) in [7, 11) is -3.77. The minimum atomic E-state index is -3.77. The van der Waals surface area contributed by atoms with Crippen LogP contribution in [0.1, 0.15) is 31.1 Å². The van der Waals surface area contributed by atoms with Crippen LogP contribution < -0.4 is 10.6 Å². The molecule has 3 rings (SSSR count). The van der Waals surface area contributed by atoms with Gasteiger partial charge in [0, 0.05) is 16.5 Å². The Morgan fingerprint density at radius 2 is 1.88 bits per heavy atom. The third-order valence-electron chi connectivity index (χ3n) is 4.82. The number of sulfone groups is 1. The Morgan fingerprint density at radius 1 is 1.19 bits per heavy atom. The second kappa shape index (κ2) is 9.74. The molecular formula is C22H24N2O6S2. The summed E-state index contributed by atoms with van der Waals surface area (Å²) in [5.41, 5.74) is 1.25. The first kappa shape index (κ1) is 23.8. The molecule has 0 spiro atoms. The molecule has 1 heterocycles. The third-order valence-corrected chi connectivity index (χ3v) is 7.91. The van der Waals surface area contributed by atoms with Gasteiger partial charge in [-0.3, -0.25) is 9.59 Å². The summed E-state index contributed by atoms with van der Waals surface area (Å²) in [5, 5.41) is 5.12. The van der Waals surface area contributed by atoms with Crippen molar-refractivity contribution in [1.29, 1.82) is 0 Å². The molecule has 0 radical (unpaired) electrons. The molecule has 0 saturated heterocycles. The van der Waals surface area contributed by atoms with Gasteiger partial charge >= 0.3 is 5.97 Å². The zero-order chi connectivity index (χ0) is 23.5. The minimum Gasteiger partial charge on any atom is -0.462 e. The standard InChI is InChI=1S/C22H24N2O6S2/c1-4-30-22(27)15-5-7-16(8-6-15)23-20(25)13(2)12-32(28,29)17-9-10-19-18(11-17)24-21(26)14(3)31-19/h5-11,13-14H,4,12H2,1-3H3,(H,23,25)(H,24,26)/t13-,14-/m1/s1. The number of hydrogen-bond acceptors (Lipinski definition) is 7. The molecule has 0 aliphatic carbocycles. The number of anilines is 2. The maximum absolute atomic E-state index is 12.9. The number of fused-ring (bicyclic) bond motifs is 1. The summed E-state index contributed by atoms with van der Waals surface area (Å²) < 4.78 is 30.6. The monoisotopic (exact) mass is 476 g/mol. The van der Waals surface area contributed by atoms with Crippen LogP contribution in [0.3, 0.4) is 0 Å². The number of benzene rings is 2. The highest BCUT2D eigenvalue weighted by Gasteiger charge is 2.27. The van der Waals surface area contributed by atoms with Gasteiger partial charge in [-0.05, 0) is 56.3 Å². The van der Waals surface area contributed by atoms with E-state index in [9.17, 15) is 22.8 Å². The molecule has 1 aliphatic rings. The molecule has 2 aromatic rings. The normalized spacial score (nSPS) is 16.5. The van der Waals surface area contributed by atoms with Crippen molar-refractivity contribution in [2.24, 2.45) is 5.92 Å². The van der Waals surface area contributed by atoms with Gasteiger partial charge in [0.15, 0.2) is 9.84 Å². The molecule has 0 fully saturated rings. The lowest BCUT2D eigenvalue weighted by atomic mass is 10.1. The van der Waals surface area contributed by atoms with E-state index >= 15 is 0 Å². The molecule has 2 amide bonds. The van der Waals surface area contributed by atoms with Crippen LogP contribution in [-0.2, 0) is 24.2 Å². The first-order valence-corrected chi connectivity index (χ1v) is 12.6. The molecule has 32 heavy (non-hydrogen) atoms. The van der Waals surface area contributed by atoms with Crippen LogP contribution in [0, 0.1) is 5.92 Å². The van der Waals surface area contributed by atoms with Crippen LogP contribution >= 0.6 is 11.8 Å². The maximum atomic E-state index is 12.9. The largest absolute Gasteiger partial charge is 0.462 e. The fraction of sp³-hybridized carbons (Fsp3) is 0.318. The highest BCUT2D eigenvalue weighted by molar-refractivity contribution is 8.01. The van der Waals surface area contributed by atoms with Crippen molar-refractivity contribution in [3.05, 3.63) is 48.0 Å². The van der Waals surface area contributed by atoms with Crippen molar-refractivity contribution in [3.63, 3.8) is 0 Å². The van der Waals surface area contributed by atoms with Crippen molar-refractivity contribution in [1.82, 2.24) is 0 Å². The average Bonchev–Trinajstić information content (AvgIpc) is 2.74. The molecule has 0 aromatic heterocycles. The highest BCUT2D eigenvalue weighted by Crippen LogP contribution is 2.37. The van der Waals surface area contributed by atoms with E-state index in [1.165, 1.54) is 43.0 Å². The molecule has 2 atom stereocenters. The third kappa shape index (κ3) is 5.49. The van der Waals surface area contributed by atoms with E-state index in [-0.39, 0.29) is 22.7 Å². The van der Waals surface area contributed by atoms with Crippen molar-refractivity contribution in [3.8, 4) is 0 Å². The quantitative estimate of drug-likeness (QED) is 0.588. The van der Waals surface area contributed by atoms with Crippen molar-refractivity contribution < 1.29 is 27.5 Å². The zero-order valence-corrected chi connectivity index (χ0v) is 19.5. The van der Waals surface area contributed by atoms with E-state index in [2.05, 4.69) is 10.6 Å². The molecule has 8 nitrogen and oxygen atoms in total. The lowest BCUT2D eigenvalue weighted by Crippen LogP contribution is -2.28. The average molecular weight is 477 g/mol. The summed E-state index contributed by atoms with van der Waals surface area (Å²) >= 11 is 1.36. The van der Waals surface area contributed by atoms with Gasteiger partial charge in [0.1, 0.15) is 0 Å². The Morgan fingerprint density at radius 3 is 2.53 bits per heavy atom. The Bertz CT molecular complexity index is 1150. The predicted molar refractivity (Wildman–Crippen MR) is 123 cm³/mol. The van der Waals surface area contributed by atoms with Crippen LogP contribution in [0.15, 0.2) is 52.3 Å². The number of rotatable bonds is 7. The van der Waals surface area contributed by atoms with Crippen molar-refractivity contribution in [2.45, 2.75) is 35.8 Å². The molecule has 1 aliphatic heterocycles. The first-order chi connectivity index (χ1) is 15.1.